The highest BCUT2D eigenvalue weighted by molar-refractivity contribution is 6.08. The van der Waals surface area contributed by atoms with Crippen LogP contribution in [-0.4, -0.2) is 20.6 Å². The van der Waals surface area contributed by atoms with Crippen LogP contribution in [0, 0.1) is 23.3 Å². The third kappa shape index (κ3) is 5.59. The summed E-state index contributed by atoms with van der Waals surface area (Å²) < 4.78 is 65.3. The van der Waals surface area contributed by atoms with E-state index in [4.69, 9.17) is 4.74 Å². The molecular weight excluding hydrogens is 463 g/mol. The van der Waals surface area contributed by atoms with Gasteiger partial charge < -0.3 is 4.74 Å². The summed E-state index contributed by atoms with van der Waals surface area (Å²) >= 11 is 0. The first-order valence-corrected chi connectivity index (χ1v) is 12.8. The fraction of sp³-hybridized carbons (Fsp3) is 0.333. The van der Waals surface area contributed by atoms with Gasteiger partial charge in [0.25, 0.3) is 0 Å². The quantitative estimate of drug-likeness (QED) is 0.177. The number of aryl methyl sites for hydroxylation is 1. The standard InChI is InChI=1S/C30H31BF4O/c1-2-3-4-5-6-21-12-14-24(28(33)27(21)32)19-7-9-20(10-8-19)25-15-16-26(30(35)29(25)34)22-11-13-23(17-31)36-18-22/h3-4,7-10,12,14-16,22-23H,2,5-6,11,13,17-18,31H2,1H3/b4-3+. The Morgan fingerprint density at radius 1 is 0.806 bits per heavy atom. The minimum absolute atomic E-state index is 0.132. The molecule has 0 aromatic heterocycles. The molecule has 1 nitrogen and oxygen atoms in total. The molecule has 2 atom stereocenters. The summed E-state index contributed by atoms with van der Waals surface area (Å²) in [6.07, 6.45) is 8.62. The monoisotopic (exact) mass is 494 g/mol. The highest BCUT2D eigenvalue weighted by atomic mass is 19.2. The van der Waals surface area contributed by atoms with Gasteiger partial charge in [-0.1, -0.05) is 73.9 Å². The minimum Gasteiger partial charge on any atom is -0.378 e. The van der Waals surface area contributed by atoms with Crippen molar-refractivity contribution in [2.24, 2.45) is 0 Å². The summed E-state index contributed by atoms with van der Waals surface area (Å²) in [5.74, 6) is -3.67. The lowest BCUT2D eigenvalue weighted by Crippen LogP contribution is -2.25. The molecule has 1 saturated heterocycles. The van der Waals surface area contributed by atoms with Crippen molar-refractivity contribution in [3.05, 3.63) is 95.1 Å². The first kappa shape index (κ1) is 26.2. The van der Waals surface area contributed by atoms with Gasteiger partial charge in [-0.05, 0) is 54.4 Å². The topological polar surface area (TPSA) is 9.23 Å². The second-order valence-corrected chi connectivity index (χ2v) is 9.36. The zero-order valence-corrected chi connectivity index (χ0v) is 20.8. The molecule has 3 aromatic carbocycles. The summed E-state index contributed by atoms with van der Waals surface area (Å²) in [6, 6.07) is 12.8. The van der Waals surface area contributed by atoms with Gasteiger partial charge in [-0.15, -0.1) is 0 Å². The van der Waals surface area contributed by atoms with E-state index in [0.717, 1.165) is 25.6 Å². The summed E-state index contributed by atoms with van der Waals surface area (Å²) in [5, 5.41) is 0. The molecule has 188 valence electrons. The number of hydrogen-bond acceptors (Lipinski definition) is 1. The summed E-state index contributed by atoms with van der Waals surface area (Å²) in [5.41, 5.74) is 1.87. The second-order valence-electron chi connectivity index (χ2n) is 9.36. The minimum atomic E-state index is -0.906. The van der Waals surface area contributed by atoms with Gasteiger partial charge in [0.2, 0.25) is 0 Å². The van der Waals surface area contributed by atoms with Crippen LogP contribution < -0.4 is 0 Å². The Morgan fingerprint density at radius 2 is 1.44 bits per heavy atom. The number of hydrogen-bond donors (Lipinski definition) is 0. The van der Waals surface area contributed by atoms with Gasteiger partial charge in [0, 0.05) is 17.0 Å². The third-order valence-electron chi connectivity index (χ3n) is 7.03. The molecule has 2 unspecified atom stereocenters. The van der Waals surface area contributed by atoms with Crippen LogP contribution in [-0.2, 0) is 11.2 Å². The van der Waals surface area contributed by atoms with E-state index in [2.05, 4.69) is 7.85 Å². The summed E-state index contributed by atoms with van der Waals surface area (Å²) in [4.78, 5) is 0. The smallest absolute Gasteiger partial charge is 0.166 e. The van der Waals surface area contributed by atoms with Crippen molar-refractivity contribution in [2.75, 3.05) is 6.61 Å². The average molecular weight is 494 g/mol. The third-order valence-corrected chi connectivity index (χ3v) is 7.03. The highest BCUT2D eigenvalue weighted by Crippen LogP contribution is 2.35. The maximum absolute atomic E-state index is 15.1. The maximum Gasteiger partial charge on any atom is 0.166 e. The van der Waals surface area contributed by atoms with Crippen LogP contribution in [0.1, 0.15) is 49.7 Å². The van der Waals surface area contributed by atoms with Gasteiger partial charge in [-0.25, -0.2) is 17.6 Å². The van der Waals surface area contributed by atoms with Crippen LogP contribution in [0.4, 0.5) is 17.6 Å². The largest absolute Gasteiger partial charge is 0.378 e. The van der Waals surface area contributed by atoms with Crippen LogP contribution in [0.15, 0.2) is 60.7 Å². The SMILES string of the molecule is BCC1CCC(c2ccc(-c3ccc(-c4ccc(CC/C=C/CC)c(F)c4F)cc3)c(F)c2F)CO1. The van der Waals surface area contributed by atoms with Crippen LogP contribution in [0.2, 0.25) is 6.32 Å². The summed E-state index contributed by atoms with van der Waals surface area (Å²) in [7, 11) is 2.05. The second kappa shape index (κ2) is 11.9. The Morgan fingerprint density at radius 3 is 2.03 bits per heavy atom. The Kier molecular flexibility index (Phi) is 8.68. The molecule has 36 heavy (non-hydrogen) atoms. The van der Waals surface area contributed by atoms with E-state index < -0.39 is 23.3 Å². The Bertz CT molecular complexity index is 1210. The van der Waals surface area contributed by atoms with E-state index >= 15 is 4.39 Å². The fourth-order valence-corrected chi connectivity index (χ4v) is 4.83. The van der Waals surface area contributed by atoms with Crippen LogP contribution >= 0.6 is 0 Å². The lowest BCUT2D eigenvalue weighted by molar-refractivity contribution is 0.0151. The van der Waals surface area contributed by atoms with E-state index in [0.29, 0.717) is 41.7 Å². The van der Waals surface area contributed by atoms with Crippen molar-refractivity contribution in [1.29, 1.82) is 0 Å². The number of allylic oxidation sites excluding steroid dienone is 2. The molecule has 1 aliphatic heterocycles. The normalized spacial score (nSPS) is 18.1. The number of halogens is 4. The van der Waals surface area contributed by atoms with Crippen molar-refractivity contribution in [3.8, 4) is 22.3 Å². The molecule has 0 amide bonds. The molecular formula is C30H31BF4O. The molecule has 0 N–H and O–H groups in total. The van der Waals surface area contributed by atoms with Crippen LogP contribution in [0.3, 0.4) is 0 Å². The van der Waals surface area contributed by atoms with Crippen molar-refractivity contribution >= 4 is 7.85 Å². The zero-order chi connectivity index (χ0) is 25.7. The molecule has 6 heteroatoms. The van der Waals surface area contributed by atoms with Crippen molar-refractivity contribution < 1.29 is 22.3 Å². The highest BCUT2D eigenvalue weighted by Gasteiger charge is 2.26. The molecule has 0 aliphatic carbocycles. The van der Waals surface area contributed by atoms with Crippen molar-refractivity contribution in [1.82, 2.24) is 0 Å². The first-order chi connectivity index (χ1) is 17.4. The van der Waals surface area contributed by atoms with Gasteiger partial charge in [0.1, 0.15) is 7.85 Å². The Balaban J connectivity index is 1.53. The molecule has 1 heterocycles. The first-order valence-electron chi connectivity index (χ1n) is 12.8. The Hall–Kier alpha value is -2.86. The average Bonchev–Trinajstić information content (AvgIpc) is 2.91. The summed E-state index contributed by atoms with van der Waals surface area (Å²) in [6.45, 7) is 2.41. The molecule has 0 bridgehead atoms. The van der Waals surface area contributed by atoms with Crippen LogP contribution in [0.25, 0.3) is 22.3 Å². The van der Waals surface area contributed by atoms with Crippen molar-refractivity contribution in [3.63, 3.8) is 0 Å². The van der Waals surface area contributed by atoms with Crippen LogP contribution in [0.5, 0.6) is 0 Å². The maximum atomic E-state index is 15.1. The molecule has 0 radical (unpaired) electrons. The van der Waals surface area contributed by atoms with E-state index in [1.54, 1.807) is 48.5 Å². The molecule has 1 aliphatic rings. The number of ether oxygens (including phenoxy) is 1. The van der Waals surface area contributed by atoms with E-state index in [1.165, 1.54) is 0 Å². The van der Waals surface area contributed by atoms with Gasteiger partial charge in [0.05, 0.1) is 12.7 Å². The number of rotatable bonds is 8. The molecule has 0 spiro atoms. The van der Waals surface area contributed by atoms with Gasteiger partial charge in [-0.3, -0.25) is 0 Å². The number of benzene rings is 3. The van der Waals surface area contributed by atoms with E-state index in [-0.39, 0.29) is 23.1 Å². The lowest BCUT2D eigenvalue weighted by Gasteiger charge is -2.29. The fourth-order valence-electron chi connectivity index (χ4n) is 4.83. The molecule has 0 saturated carbocycles. The molecule has 1 fully saturated rings. The van der Waals surface area contributed by atoms with Crippen molar-refractivity contribution in [2.45, 2.75) is 57.4 Å². The lowest BCUT2D eigenvalue weighted by atomic mass is 9.86. The Labute approximate surface area is 211 Å². The van der Waals surface area contributed by atoms with E-state index in [1.807, 2.05) is 19.1 Å². The predicted octanol–water partition coefficient (Wildman–Crippen LogP) is 7.79. The zero-order valence-electron chi connectivity index (χ0n) is 20.8. The predicted molar refractivity (Wildman–Crippen MR) is 140 cm³/mol. The molecule has 3 aromatic rings. The van der Waals surface area contributed by atoms with Gasteiger partial charge in [0.15, 0.2) is 23.3 Å². The van der Waals surface area contributed by atoms with Gasteiger partial charge >= 0.3 is 0 Å². The van der Waals surface area contributed by atoms with E-state index in [9.17, 15) is 13.2 Å². The van der Waals surface area contributed by atoms with Gasteiger partial charge in [-0.2, -0.15) is 0 Å². The molecule has 4 rings (SSSR count).